The molecule has 0 amide bonds. The zero-order valence-electron chi connectivity index (χ0n) is 8.21. The van der Waals surface area contributed by atoms with E-state index in [2.05, 4.69) is 17.2 Å². The van der Waals surface area contributed by atoms with E-state index >= 15 is 0 Å². The van der Waals surface area contributed by atoms with E-state index in [1.165, 1.54) is 0 Å². The molecule has 3 heteroatoms. The van der Waals surface area contributed by atoms with E-state index in [1.807, 2.05) is 30.5 Å². The molecule has 2 aromatic heterocycles. The predicted molar refractivity (Wildman–Crippen MR) is 55.9 cm³/mol. The van der Waals surface area contributed by atoms with Crippen LogP contribution in [-0.4, -0.2) is 11.5 Å². The lowest BCUT2D eigenvalue weighted by Gasteiger charge is -1.96. The Kier molecular flexibility index (Phi) is 2.70. The minimum Gasteiger partial charge on any atom is -0.458 e. The lowest BCUT2D eigenvalue weighted by atomic mass is 10.3. The van der Waals surface area contributed by atoms with Crippen LogP contribution in [0.15, 0.2) is 34.9 Å². The quantitative estimate of drug-likeness (QED) is 0.777. The van der Waals surface area contributed by atoms with E-state index in [0.717, 1.165) is 30.3 Å². The third-order valence-electron chi connectivity index (χ3n) is 2.07. The minimum absolute atomic E-state index is 0.789. The molecular weight excluding hydrogens is 176 g/mol. The van der Waals surface area contributed by atoms with Gasteiger partial charge in [-0.05, 0) is 30.8 Å². The van der Waals surface area contributed by atoms with Crippen molar-refractivity contribution in [2.75, 3.05) is 6.54 Å². The summed E-state index contributed by atoms with van der Waals surface area (Å²) in [6.45, 7) is 3.82. The van der Waals surface area contributed by atoms with Crippen LogP contribution in [0.4, 0.5) is 0 Å². The number of aromatic nitrogens is 1. The van der Waals surface area contributed by atoms with Crippen LogP contribution in [0.25, 0.3) is 11.5 Å². The van der Waals surface area contributed by atoms with Gasteiger partial charge in [0.05, 0.1) is 12.2 Å². The Hall–Kier alpha value is -1.48. The third kappa shape index (κ3) is 1.88. The van der Waals surface area contributed by atoms with E-state index in [4.69, 9.17) is 4.42 Å². The maximum atomic E-state index is 5.64. The van der Waals surface area contributed by atoms with Crippen LogP contribution in [-0.2, 0) is 6.54 Å². The number of aromatic amines is 1. The topological polar surface area (TPSA) is 41.0 Å². The minimum atomic E-state index is 0.789. The number of H-pyrrole nitrogens is 1. The van der Waals surface area contributed by atoms with Crippen molar-refractivity contribution in [2.24, 2.45) is 0 Å². The zero-order valence-corrected chi connectivity index (χ0v) is 8.21. The third-order valence-corrected chi connectivity index (χ3v) is 2.07. The first-order valence-corrected chi connectivity index (χ1v) is 4.83. The number of furan rings is 1. The molecule has 0 unspecified atom stereocenters. The Balaban J connectivity index is 2.10. The van der Waals surface area contributed by atoms with Crippen molar-refractivity contribution in [2.45, 2.75) is 13.5 Å². The molecule has 0 radical (unpaired) electrons. The van der Waals surface area contributed by atoms with Gasteiger partial charge in [-0.3, -0.25) is 0 Å². The fraction of sp³-hybridized carbons (Fsp3) is 0.273. The molecule has 2 rings (SSSR count). The van der Waals surface area contributed by atoms with E-state index in [0.29, 0.717) is 0 Å². The molecule has 2 aromatic rings. The molecule has 0 aliphatic rings. The van der Waals surface area contributed by atoms with Gasteiger partial charge in [0, 0.05) is 6.20 Å². The molecule has 0 saturated heterocycles. The average Bonchev–Trinajstić information content (AvgIpc) is 2.85. The second-order valence-corrected chi connectivity index (χ2v) is 3.13. The van der Waals surface area contributed by atoms with Gasteiger partial charge in [-0.25, -0.2) is 0 Å². The smallest absolute Gasteiger partial charge is 0.150 e. The molecule has 0 aliphatic heterocycles. The van der Waals surface area contributed by atoms with Crippen molar-refractivity contribution in [1.82, 2.24) is 10.3 Å². The van der Waals surface area contributed by atoms with E-state index < -0.39 is 0 Å². The molecule has 0 aliphatic carbocycles. The molecule has 0 saturated carbocycles. The van der Waals surface area contributed by atoms with Gasteiger partial charge in [0.15, 0.2) is 5.76 Å². The first kappa shape index (κ1) is 9.09. The first-order chi connectivity index (χ1) is 6.90. The first-order valence-electron chi connectivity index (χ1n) is 4.83. The summed E-state index contributed by atoms with van der Waals surface area (Å²) in [5, 5.41) is 3.22. The molecule has 0 atom stereocenters. The van der Waals surface area contributed by atoms with Crippen LogP contribution >= 0.6 is 0 Å². The summed E-state index contributed by atoms with van der Waals surface area (Å²) in [4.78, 5) is 3.11. The van der Waals surface area contributed by atoms with Crippen molar-refractivity contribution < 1.29 is 4.42 Å². The molecule has 2 N–H and O–H groups in total. The number of hydrogen-bond acceptors (Lipinski definition) is 2. The van der Waals surface area contributed by atoms with Gasteiger partial charge in [-0.15, -0.1) is 0 Å². The molecule has 0 bridgehead atoms. The summed E-state index contributed by atoms with van der Waals surface area (Å²) in [5.41, 5.74) is 1.02. The van der Waals surface area contributed by atoms with Gasteiger partial charge in [0.1, 0.15) is 5.76 Å². The Morgan fingerprint density at radius 3 is 3.00 bits per heavy atom. The maximum Gasteiger partial charge on any atom is 0.150 e. The highest BCUT2D eigenvalue weighted by Gasteiger charge is 2.03. The van der Waals surface area contributed by atoms with Gasteiger partial charge in [-0.2, -0.15) is 0 Å². The van der Waals surface area contributed by atoms with Crippen molar-refractivity contribution in [3.05, 3.63) is 36.2 Å². The lowest BCUT2D eigenvalue weighted by molar-refractivity contribution is 0.497. The highest BCUT2D eigenvalue weighted by molar-refractivity contribution is 5.52. The van der Waals surface area contributed by atoms with E-state index in [1.54, 1.807) is 0 Å². The number of rotatable bonds is 4. The summed E-state index contributed by atoms with van der Waals surface area (Å²) in [6, 6.07) is 7.94. The monoisotopic (exact) mass is 190 g/mol. The van der Waals surface area contributed by atoms with Crippen molar-refractivity contribution in [3.63, 3.8) is 0 Å². The van der Waals surface area contributed by atoms with Gasteiger partial charge < -0.3 is 14.7 Å². The van der Waals surface area contributed by atoms with Crippen molar-refractivity contribution in [3.8, 4) is 11.5 Å². The SMILES string of the molecule is CCNCc1ccc(-c2ccc[nH]2)o1. The summed E-state index contributed by atoms with van der Waals surface area (Å²) >= 11 is 0. The predicted octanol–water partition coefficient (Wildman–Crippen LogP) is 2.38. The molecule has 14 heavy (non-hydrogen) atoms. The molecule has 0 spiro atoms. The second-order valence-electron chi connectivity index (χ2n) is 3.13. The Morgan fingerprint density at radius 1 is 1.36 bits per heavy atom. The standard InChI is InChI=1S/C11H14N2O/c1-2-12-8-9-5-6-11(14-9)10-4-3-7-13-10/h3-7,12-13H,2,8H2,1H3. The fourth-order valence-corrected chi connectivity index (χ4v) is 1.35. The van der Waals surface area contributed by atoms with E-state index in [-0.39, 0.29) is 0 Å². The molecule has 0 fully saturated rings. The summed E-state index contributed by atoms with van der Waals surface area (Å²) < 4.78 is 5.64. The van der Waals surface area contributed by atoms with Crippen LogP contribution in [0.5, 0.6) is 0 Å². The van der Waals surface area contributed by atoms with Crippen LogP contribution in [0, 0.1) is 0 Å². The van der Waals surface area contributed by atoms with Gasteiger partial charge >= 0.3 is 0 Å². The molecule has 74 valence electrons. The van der Waals surface area contributed by atoms with Gasteiger partial charge in [0.25, 0.3) is 0 Å². The summed E-state index contributed by atoms with van der Waals surface area (Å²) in [5.74, 6) is 1.86. The van der Waals surface area contributed by atoms with Crippen LogP contribution < -0.4 is 5.32 Å². The Morgan fingerprint density at radius 2 is 2.29 bits per heavy atom. The van der Waals surface area contributed by atoms with Crippen LogP contribution in [0.3, 0.4) is 0 Å². The van der Waals surface area contributed by atoms with Gasteiger partial charge in [0.2, 0.25) is 0 Å². The molecule has 3 nitrogen and oxygen atoms in total. The average molecular weight is 190 g/mol. The maximum absolute atomic E-state index is 5.64. The van der Waals surface area contributed by atoms with Crippen LogP contribution in [0.1, 0.15) is 12.7 Å². The van der Waals surface area contributed by atoms with Gasteiger partial charge in [-0.1, -0.05) is 6.92 Å². The zero-order chi connectivity index (χ0) is 9.80. The van der Waals surface area contributed by atoms with Crippen LogP contribution in [0.2, 0.25) is 0 Å². The van der Waals surface area contributed by atoms with Crippen molar-refractivity contribution >= 4 is 0 Å². The molecular formula is C11H14N2O. The largest absolute Gasteiger partial charge is 0.458 e. The highest BCUT2D eigenvalue weighted by atomic mass is 16.3. The number of nitrogens with one attached hydrogen (secondary N) is 2. The Labute approximate surface area is 83.1 Å². The lowest BCUT2D eigenvalue weighted by Crippen LogP contribution is -2.10. The second kappa shape index (κ2) is 4.15. The summed E-state index contributed by atoms with van der Waals surface area (Å²) in [6.07, 6.45) is 1.89. The normalized spacial score (nSPS) is 10.6. The Bertz CT molecular complexity index is 376. The fourth-order valence-electron chi connectivity index (χ4n) is 1.35. The van der Waals surface area contributed by atoms with E-state index in [9.17, 15) is 0 Å². The molecule has 0 aromatic carbocycles. The summed E-state index contributed by atoms with van der Waals surface area (Å²) in [7, 11) is 0. The molecule has 2 heterocycles. The van der Waals surface area contributed by atoms with Crippen molar-refractivity contribution in [1.29, 1.82) is 0 Å². The highest BCUT2D eigenvalue weighted by Crippen LogP contribution is 2.19. The number of hydrogen-bond donors (Lipinski definition) is 2.